The average Bonchev–Trinajstić information content (AvgIpc) is 2.51. The third kappa shape index (κ3) is 3.31. The summed E-state index contributed by atoms with van der Waals surface area (Å²) in [5, 5.41) is 2.65. The summed E-state index contributed by atoms with van der Waals surface area (Å²) in [7, 11) is 0. The van der Waals surface area contributed by atoms with E-state index in [0.717, 1.165) is 5.56 Å². The first-order chi connectivity index (χ1) is 10.6. The van der Waals surface area contributed by atoms with Gasteiger partial charge in [-0.25, -0.2) is 4.39 Å². The van der Waals surface area contributed by atoms with E-state index in [1.807, 2.05) is 6.07 Å². The molecule has 0 unspecified atom stereocenters. The van der Waals surface area contributed by atoms with E-state index in [0.29, 0.717) is 30.4 Å². The maximum Gasteiger partial charge on any atom is 0.228 e. The molecule has 1 aliphatic heterocycles. The van der Waals surface area contributed by atoms with Gasteiger partial charge in [-0.15, -0.1) is 0 Å². The Morgan fingerprint density at radius 2 is 1.91 bits per heavy atom. The Kier molecular flexibility index (Phi) is 4.15. The number of hydrogen-bond acceptors (Lipinski definition) is 3. The van der Waals surface area contributed by atoms with E-state index in [4.69, 9.17) is 21.1 Å². The van der Waals surface area contributed by atoms with Crippen molar-refractivity contribution < 1.29 is 18.7 Å². The highest BCUT2D eigenvalue weighted by molar-refractivity contribution is 6.31. The molecule has 0 fully saturated rings. The van der Waals surface area contributed by atoms with Gasteiger partial charge >= 0.3 is 0 Å². The largest absolute Gasteiger partial charge is 0.486 e. The van der Waals surface area contributed by atoms with Crippen LogP contribution in [-0.4, -0.2) is 19.1 Å². The van der Waals surface area contributed by atoms with Crippen molar-refractivity contribution in [2.24, 2.45) is 0 Å². The fourth-order valence-corrected chi connectivity index (χ4v) is 2.34. The van der Waals surface area contributed by atoms with Crippen LogP contribution in [0, 0.1) is 5.82 Å². The number of halogens is 2. The molecular weight excluding hydrogens is 309 g/mol. The van der Waals surface area contributed by atoms with E-state index in [2.05, 4.69) is 5.32 Å². The number of rotatable bonds is 3. The molecule has 6 heteroatoms. The van der Waals surface area contributed by atoms with Gasteiger partial charge in [0.15, 0.2) is 11.5 Å². The molecule has 0 saturated heterocycles. The highest BCUT2D eigenvalue weighted by atomic mass is 35.5. The van der Waals surface area contributed by atoms with Crippen molar-refractivity contribution in [2.45, 2.75) is 6.42 Å². The molecule has 1 heterocycles. The topological polar surface area (TPSA) is 47.6 Å². The molecule has 2 aromatic carbocycles. The van der Waals surface area contributed by atoms with Crippen LogP contribution < -0.4 is 14.8 Å². The summed E-state index contributed by atoms with van der Waals surface area (Å²) in [5.74, 6) is 0.577. The van der Waals surface area contributed by atoms with Crippen molar-refractivity contribution in [3.05, 3.63) is 52.8 Å². The molecule has 0 spiro atoms. The summed E-state index contributed by atoms with van der Waals surface area (Å²) >= 11 is 5.68. The minimum Gasteiger partial charge on any atom is -0.486 e. The van der Waals surface area contributed by atoms with Gasteiger partial charge in [0.25, 0.3) is 0 Å². The van der Waals surface area contributed by atoms with Crippen LogP contribution in [0.5, 0.6) is 11.5 Å². The standard InChI is InChI=1S/C16H13ClFNO3/c17-12-9-11(2-3-13(12)18)19-16(20)8-10-1-4-14-15(7-10)22-6-5-21-14/h1-4,7,9H,5-6,8H2,(H,19,20). The van der Waals surface area contributed by atoms with E-state index < -0.39 is 5.82 Å². The monoisotopic (exact) mass is 321 g/mol. The van der Waals surface area contributed by atoms with Crippen LogP contribution >= 0.6 is 11.6 Å². The lowest BCUT2D eigenvalue weighted by atomic mass is 10.1. The maximum atomic E-state index is 13.1. The zero-order chi connectivity index (χ0) is 15.5. The van der Waals surface area contributed by atoms with Crippen LogP contribution in [0.4, 0.5) is 10.1 Å². The first-order valence-corrected chi connectivity index (χ1v) is 7.13. The van der Waals surface area contributed by atoms with Crippen LogP contribution in [0.2, 0.25) is 5.02 Å². The van der Waals surface area contributed by atoms with Gasteiger partial charge in [-0.05, 0) is 35.9 Å². The number of amides is 1. The Morgan fingerprint density at radius 3 is 2.68 bits per heavy atom. The average molecular weight is 322 g/mol. The Bertz CT molecular complexity index is 721. The number of fused-ring (bicyclic) bond motifs is 1. The number of carbonyl (C=O) groups is 1. The molecule has 1 aliphatic rings. The number of benzene rings is 2. The molecule has 0 atom stereocenters. The second-order valence-electron chi connectivity index (χ2n) is 4.83. The number of ether oxygens (including phenoxy) is 2. The summed E-state index contributed by atoms with van der Waals surface area (Å²) in [6.07, 6.45) is 0.172. The predicted octanol–water partition coefficient (Wildman–Crippen LogP) is 3.43. The maximum absolute atomic E-state index is 13.1. The normalized spacial score (nSPS) is 12.8. The number of nitrogens with one attached hydrogen (secondary N) is 1. The lowest BCUT2D eigenvalue weighted by molar-refractivity contribution is -0.115. The Morgan fingerprint density at radius 1 is 1.14 bits per heavy atom. The highest BCUT2D eigenvalue weighted by Gasteiger charge is 2.13. The fourth-order valence-electron chi connectivity index (χ4n) is 2.16. The fraction of sp³-hybridized carbons (Fsp3) is 0.188. The van der Waals surface area contributed by atoms with Gasteiger partial charge in [0, 0.05) is 5.69 Å². The molecular formula is C16H13ClFNO3. The minimum atomic E-state index is -0.522. The second-order valence-corrected chi connectivity index (χ2v) is 5.24. The smallest absolute Gasteiger partial charge is 0.228 e. The van der Waals surface area contributed by atoms with Crippen molar-refractivity contribution in [2.75, 3.05) is 18.5 Å². The van der Waals surface area contributed by atoms with Crippen LogP contribution in [0.3, 0.4) is 0 Å². The SMILES string of the molecule is O=C(Cc1ccc2c(c1)OCCO2)Nc1ccc(F)c(Cl)c1. The van der Waals surface area contributed by atoms with Gasteiger partial charge in [-0.3, -0.25) is 4.79 Å². The zero-order valence-electron chi connectivity index (χ0n) is 11.6. The predicted molar refractivity (Wildman–Crippen MR) is 81.2 cm³/mol. The third-order valence-electron chi connectivity index (χ3n) is 3.17. The van der Waals surface area contributed by atoms with E-state index in [1.165, 1.54) is 18.2 Å². The summed E-state index contributed by atoms with van der Waals surface area (Å²) in [6.45, 7) is 1.02. The molecule has 3 rings (SSSR count). The molecule has 114 valence electrons. The number of carbonyl (C=O) groups excluding carboxylic acids is 1. The molecule has 0 bridgehead atoms. The van der Waals surface area contributed by atoms with Gasteiger partial charge in [-0.2, -0.15) is 0 Å². The van der Waals surface area contributed by atoms with Gasteiger partial charge < -0.3 is 14.8 Å². The highest BCUT2D eigenvalue weighted by Crippen LogP contribution is 2.31. The molecule has 1 amide bonds. The van der Waals surface area contributed by atoms with Crippen molar-refractivity contribution in [1.29, 1.82) is 0 Å². The van der Waals surface area contributed by atoms with E-state index in [-0.39, 0.29) is 17.4 Å². The van der Waals surface area contributed by atoms with Crippen molar-refractivity contribution in [3.63, 3.8) is 0 Å². The zero-order valence-corrected chi connectivity index (χ0v) is 12.3. The van der Waals surface area contributed by atoms with E-state index in [1.54, 1.807) is 12.1 Å². The summed E-state index contributed by atoms with van der Waals surface area (Å²) < 4.78 is 24.0. The quantitative estimate of drug-likeness (QED) is 0.942. The minimum absolute atomic E-state index is 0.0304. The first-order valence-electron chi connectivity index (χ1n) is 6.75. The molecule has 1 N–H and O–H groups in total. The summed E-state index contributed by atoms with van der Waals surface area (Å²) in [4.78, 5) is 12.0. The molecule has 0 aromatic heterocycles. The van der Waals surface area contributed by atoms with Gasteiger partial charge in [0.2, 0.25) is 5.91 Å². The lowest BCUT2D eigenvalue weighted by Crippen LogP contribution is -2.17. The van der Waals surface area contributed by atoms with Crippen molar-refractivity contribution in [1.82, 2.24) is 0 Å². The van der Waals surface area contributed by atoms with Gasteiger partial charge in [0.1, 0.15) is 19.0 Å². The van der Waals surface area contributed by atoms with Crippen LogP contribution in [0.25, 0.3) is 0 Å². The summed E-state index contributed by atoms with van der Waals surface area (Å²) in [6, 6.07) is 9.42. The van der Waals surface area contributed by atoms with Crippen molar-refractivity contribution >= 4 is 23.2 Å². The molecule has 4 nitrogen and oxygen atoms in total. The Labute approximate surface area is 131 Å². The molecule has 22 heavy (non-hydrogen) atoms. The van der Waals surface area contributed by atoms with E-state index >= 15 is 0 Å². The van der Waals surface area contributed by atoms with Crippen molar-refractivity contribution in [3.8, 4) is 11.5 Å². The van der Waals surface area contributed by atoms with E-state index in [9.17, 15) is 9.18 Å². The Balaban J connectivity index is 1.67. The molecule has 0 saturated carbocycles. The molecule has 2 aromatic rings. The Hall–Kier alpha value is -2.27. The lowest BCUT2D eigenvalue weighted by Gasteiger charge is -2.18. The number of hydrogen-bond donors (Lipinski definition) is 1. The summed E-state index contributed by atoms with van der Waals surface area (Å²) in [5.41, 5.74) is 1.25. The number of anilines is 1. The van der Waals surface area contributed by atoms with Crippen LogP contribution in [0.15, 0.2) is 36.4 Å². The molecule has 0 aliphatic carbocycles. The first kappa shape index (κ1) is 14.7. The second kappa shape index (κ2) is 6.23. The third-order valence-corrected chi connectivity index (χ3v) is 3.46. The van der Waals surface area contributed by atoms with Crippen LogP contribution in [-0.2, 0) is 11.2 Å². The van der Waals surface area contributed by atoms with Crippen LogP contribution in [0.1, 0.15) is 5.56 Å². The van der Waals surface area contributed by atoms with Gasteiger partial charge in [0.05, 0.1) is 11.4 Å². The van der Waals surface area contributed by atoms with Gasteiger partial charge in [-0.1, -0.05) is 17.7 Å². The molecule has 0 radical (unpaired) electrons.